The highest BCUT2D eigenvalue weighted by Crippen LogP contribution is 2.34. The molecule has 10 heteroatoms. The Kier molecular flexibility index (Phi) is 7.00. The van der Waals surface area contributed by atoms with E-state index in [4.69, 9.17) is 4.74 Å². The number of ether oxygens (including phenoxy) is 1. The number of nitro benzene ring substituents is 1. The highest BCUT2D eigenvalue weighted by atomic mass is 35.5. The summed E-state index contributed by atoms with van der Waals surface area (Å²) in [6.45, 7) is 2.80. The van der Waals surface area contributed by atoms with Gasteiger partial charge in [0.2, 0.25) is 10.0 Å². The SMILES string of the molecule is COc1ccccc1C1CNCCN1S(=O)(=O)c1ccc([N+](=O)[O-])c(C)c1.Cl. The Morgan fingerprint density at radius 1 is 1.25 bits per heavy atom. The van der Waals surface area contributed by atoms with E-state index in [1.54, 1.807) is 13.2 Å². The molecule has 0 spiro atoms. The van der Waals surface area contributed by atoms with E-state index in [0.29, 0.717) is 30.9 Å². The predicted octanol–water partition coefficient (Wildman–Crippen LogP) is 2.67. The van der Waals surface area contributed by atoms with Crippen molar-refractivity contribution in [1.29, 1.82) is 0 Å². The van der Waals surface area contributed by atoms with E-state index in [1.165, 1.54) is 29.4 Å². The number of para-hydroxylation sites is 1. The second kappa shape index (κ2) is 8.87. The summed E-state index contributed by atoms with van der Waals surface area (Å²) >= 11 is 0. The van der Waals surface area contributed by atoms with Crippen molar-refractivity contribution in [3.63, 3.8) is 0 Å². The number of halogens is 1. The smallest absolute Gasteiger partial charge is 0.272 e. The number of sulfonamides is 1. The van der Waals surface area contributed by atoms with Crippen LogP contribution in [0.15, 0.2) is 47.4 Å². The summed E-state index contributed by atoms with van der Waals surface area (Å²) in [4.78, 5) is 10.5. The molecule has 1 aliphatic rings. The maximum absolute atomic E-state index is 13.3. The number of hydrogen-bond donors (Lipinski definition) is 1. The van der Waals surface area contributed by atoms with Crippen LogP contribution < -0.4 is 10.1 Å². The summed E-state index contributed by atoms with van der Waals surface area (Å²) in [5.74, 6) is 0.617. The molecule has 1 aliphatic heterocycles. The lowest BCUT2D eigenvalue weighted by Crippen LogP contribution is -2.48. The molecular formula is C18H22ClN3O5S. The van der Waals surface area contributed by atoms with Crippen LogP contribution in [-0.4, -0.2) is 44.4 Å². The molecule has 0 amide bonds. The van der Waals surface area contributed by atoms with Gasteiger partial charge in [0.15, 0.2) is 0 Å². The van der Waals surface area contributed by atoms with Crippen LogP contribution in [0.1, 0.15) is 17.2 Å². The first-order valence-corrected chi connectivity index (χ1v) is 9.91. The van der Waals surface area contributed by atoms with Crippen LogP contribution in [0.4, 0.5) is 5.69 Å². The molecule has 28 heavy (non-hydrogen) atoms. The summed E-state index contributed by atoms with van der Waals surface area (Å²) in [7, 11) is -2.28. The summed E-state index contributed by atoms with van der Waals surface area (Å²) in [5.41, 5.74) is 0.981. The number of rotatable bonds is 5. The molecule has 3 rings (SSSR count). The number of nitro groups is 1. The molecule has 0 bridgehead atoms. The van der Waals surface area contributed by atoms with Crippen LogP contribution in [0.25, 0.3) is 0 Å². The van der Waals surface area contributed by atoms with Gasteiger partial charge in [0, 0.05) is 36.8 Å². The van der Waals surface area contributed by atoms with E-state index in [2.05, 4.69) is 5.32 Å². The van der Waals surface area contributed by atoms with Gasteiger partial charge >= 0.3 is 0 Å². The Morgan fingerprint density at radius 3 is 2.61 bits per heavy atom. The van der Waals surface area contributed by atoms with Gasteiger partial charge < -0.3 is 10.1 Å². The molecule has 8 nitrogen and oxygen atoms in total. The summed E-state index contributed by atoms with van der Waals surface area (Å²) < 4.78 is 33.4. The Morgan fingerprint density at radius 2 is 1.96 bits per heavy atom. The lowest BCUT2D eigenvalue weighted by molar-refractivity contribution is -0.385. The van der Waals surface area contributed by atoms with Crippen molar-refractivity contribution >= 4 is 28.1 Å². The highest BCUT2D eigenvalue weighted by molar-refractivity contribution is 7.89. The fourth-order valence-corrected chi connectivity index (χ4v) is 5.00. The first-order valence-electron chi connectivity index (χ1n) is 8.47. The monoisotopic (exact) mass is 427 g/mol. The molecule has 1 atom stereocenters. The van der Waals surface area contributed by atoms with Crippen molar-refractivity contribution in [3.8, 4) is 5.75 Å². The zero-order valence-electron chi connectivity index (χ0n) is 15.5. The second-order valence-electron chi connectivity index (χ2n) is 6.28. The van der Waals surface area contributed by atoms with Gasteiger partial charge in [-0.15, -0.1) is 12.4 Å². The van der Waals surface area contributed by atoms with Crippen LogP contribution in [0.3, 0.4) is 0 Å². The number of nitrogens with zero attached hydrogens (tertiary/aromatic N) is 2. The van der Waals surface area contributed by atoms with Crippen LogP contribution in [0.5, 0.6) is 5.75 Å². The van der Waals surface area contributed by atoms with Crippen LogP contribution in [-0.2, 0) is 10.0 Å². The van der Waals surface area contributed by atoms with Crippen molar-refractivity contribution in [1.82, 2.24) is 9.62 Å². The normalized spacial score (nSPS) is 17.6. The third kappa shape index (κ3) is 4.12. The number of hydrogen-bond acceptors (Lipinski definition) is 6. The van der Waals surface area contributed by atoms with E-state index in [-0.39, 0.29) is 23.0 Å². The quantitative estimate of drug-likeness (QED) is 0.581. The van der Waals surface area contributed by atoms with Gasteiger partial charge in [0.05, 0.1) is 23.0 Å². The van der Waals surface area contributed by atoms with Crippen molar-refractivity contribution in [3.05, 3.63) is 63.7 Å². The summed E-state index contributed by atoms with van der Waals surface area (Å²) in [6, 6.07) is 10.8. The van der Waals surface area contributed by atoms with Gasteiger partial charge in [0.1, 0.15) is 5.75 Å². The lowest BCUT2D eigenvalue weighted by Gasteiger charge is -2.36. The number of benzene rings is 2. The maximum Gasteiger partial charge on any atom is 0.272 e. The zero-order chi connectivity index (χ0) is 19.6. The van der Waals surface area contributed by atoms with E-state index >= 15 is 0 Å². The van der Waals surface area contributed by atoms with Crippen molar-refractivity contribution in [2.75, 3.05) is 26.7 Å². The molecule has 1 fully saturated rings. The van der Waals surface area contributed by atoms with Gasteiger partial charge in [-0.2, -0.15) is 4.31 Å². The highest BCUT2D eigenvalue weighted by Gasteiger charge is 2.36. The van der Waals surface area contributed by atoms with E-state index < -0.39 is 21.0 Å². The van der Waals surface area contributed by atoms with Gasteiger partial charge in [0.25, 0.3) is 5.69 Å². The Hall–Kier alpha value is -2.20. The van der Waals surface area contributed by atoms with Crippen LogP contribution in [0.2, 0.25) is 0 Å². The fraction of sp³-hybridized carbons (Fsp3) is 0.333. The molecule has 0 aliphatic carbocycles. The molecular weight excluding hydrogens is 406 g/mol. The minimum Gasteiger partial charge on any atom is -0.496 e. The lowest BCUT2D eigenvalue weighted by atomic mass is 10.0. The Balaban J connectivity index is 0.00000280. The number of nitrogens with one attached hydrogen (secondary N) is 1. The largest absolute Gasteiger partial charge is 0.496 e. The van der Waals surface area contributed by atoms with Gasteiger partial charge in [-0.25, -0.2) is 8.42 Å². The number of piperazine rings is 1. The molecule has 0 radical (unpaired) electrons. The minimum atomic E-state index is -3.83. The fourth-order valence-electron chi connectivity index (χ4n) is 3.31. The number of aryl methyl sites for hydroxylation is 1. The van der Waals surface area contributed by atoms with E-state index in [1.807, 2.05) is 18.2 Å². The van der Waals surface area contributed by atoms with E-state index in [0.717, 1.165) is 5.56 Å². The number of methoxy groups -OCH3 is 1. The van der Waals surface area contributed by atoms with Gasteiger partial charge in [-0.05, 0) is 25.1 Å². The van der Waals surface area contributed by atoms with Crippen molar-refractivity contribution < 1.29 is 18.1 Å². The predicted molar refractivity (Wildman–Crippen MR) is 108 cm³/mol. The van der Waals surface area contributed by atoms with Crippen LogP contribution >= 0.6 is 12.4 Å². The first kappa shape index (κ1) is 22.1. The second-order valence-corrected chi connectivity index (χ2v) is 8.17. The molecule has 1 N–H and O–H groups in total. The standard InChI is InChI=1S/C18H21N3O5S.ClH/c1-13-11-14(7-8-16(13)21(22)23)27(24,25)20-10-9-19-12-17(20)15-5-3-4-6-18(15)26-2;/h3-8,11,17,19H,9-10,12H2,1-2H3;1H. The topological polar surface area (TPSA) is 102 Å². The molecule has 2 aromatic rings. The molecule has 2 aromatic carbocycles. The van der Waals surface area contributed by atoms with Gasteiger partial charge in [-0.3, -0.25) is 10.1 Å². The molecule has 1 heterocycles. The molecule has 1 unspecified atom stereocenters. The van der Waals surface area contributed by atoms with Crippen molar-refractivity contribution in [2.24, 2.45) is 0 Å². The molecule has 0 saturated carbocycles. The Labute approximate surface area is 170 Å². The zero-order valence-corrected chi connectivity index (χ0v) is 17.1. The third-order valence-electron chi connectivity index (χ3n) is 4.66. The Bertz CT molecular complexity index is 967. The maximum atomic E-state index is 13.3. The summed E-state index contributed by atoms with van der Waals surface area (Å²) in [6.07, 6.45) is 0. The molecule has 1 saturated heterocycles. The third-order valence-corrected chi connectivity index (χ3v) is 6.57. The average molecular weight is 428 g/mol. The van der Waals surface area contributed by atoms with Crippen LogP contribution in [0, 0.1) is 17.0 Å². The molecule has 0 aromatic heterocycles. The average Bonchev–Trinajstić information content (AvgIpc) is 2.67. The van der Waals surface area contributed by atoms with E-state index in [9.17, 15) is 18.5 Å². The summed E-state index contributed by atoms with van der Waals surface area (Å²) in [5, 5.41) is 14.2. The first-order chi connectivity index (χ1) is 12.9. The minimum absolute atomic E-state index is 0. The molecule has 152 valence electrons. The van der Waals surface area contributed by atoms with Gasteiger partial charge in [-0.1, -0.05) is 18.2 Å². The van der Waals surface area contributed by atoms with Crippen molar-refractivity contribution in [2.45, 2.75) is 17.9 Å².